The van der Waals surface area contributed by atoms with Crippen LogP contribution in [0.1, 0.15) is 71.4 Å². The van der Waals surface area contributed by atoms with Gasteiger partial charge in [0.2, 0.25) is 0 Å². The maximum absolute atomic E-state index is 6.57. The monoisotopic (exact) mass is 273 g/mol. The van der Waals surface area contributed by atoms with Crippen molar-refractivity contribution in [3.63, 3.8) is 0 Å². The lowest BCUT2D eigenvalue weighted by Crippen LogP contribution is -2.50. The Morgan fingerprint density at radius 2 is 1.65 bits per heavy atom. The highest BCUT2D eigenvalue weighted by molar-refractivity contribution is 5.35. The molecule has 1 atom stereocenters. The van der Waals surface area contributed by atoms with Crippen LogP contribution in [-0.4, -0.2) is 6.04 Å². The first-order valence-electron chi connectivity index (χ1n) is 8.12. The van der Waals surface area contributed by atoms with Crippen molar-refractivity contribution in [2.24, 2.45) is 11.7 Å². The Balaban J connectivity index is 2.24. The first kappa shape index (κ1) is 15.6. The molecule has 1 aromatic rings. The van der Waals surface area contributed by atoms with Crippen LogP contribution in [0.15, 0.2) is 24.3 Å². The Morgan fingerprint density at radius 3 is 2.00 bits per heavy atom. The van der Waals surface area contributed by atoms with Crippen LogP contribution in [-0.2, 0) is 10.8 Å². The summed E-state index contributed by atoms with van der Waals surface area (Å²) in [4.78, 5) is 0. The Labute approximate surface area is 125 Å². The molecule has 0 aromatic heterocycles. The van der Waals surface area contributed by atoms with Gasteiger partial charge in [0.05, 0.1) is 0 Å². The fourth-order valence-corrected chi connectivity index (χ4v) is 3.47. The molecular weight excluding hydrogens is 242 g/mol. The Bertz CT molecular complexity index is 432. The van der Waals surface area contributed by atoms with Gasteiger partial charge in [-0.25, -0.2) is 0 Å². The van der Waals surface area contributed by atoms with Gasteiger partial charge in [0.15, 0.2) is 0 Å². The summed E-state index contributed by atoms with van der Waals surface area (Å²) in [5.41, 5.74) is 9.92. The molecule has 0 spiro atoms. The van der Waals surface area contributed by atoms with Crippen LogP contribution in [0.4, 0.5) is 0 Å². The second-order valence-corrected chi connectivity index (χ2v) is 8.07. The van der Waals surface area contributed by atoms with Crippen molar-refractivity contribution in [2.45, 2.75) is 77.2 Å². The molecule has 0 aliphatic heterocycles. The van der Waals surface area contributed by atoms with Crippen molar-refractivity contribution in [3.05, 3.63) is 35.4 Å². The second kappa shape index (κ2) is 5.52. The minimum atomic E-state index is 0.228. The van der Waals surface area contributed by atoms with Crippen molar-refractivity contribution in [2.75, 3.05) is 0 Å². The van der Waals surface area contributed by atoms with Gasteiger partial charge in [-0.15, -0.1) is 0 Å². The third-order valence-electron chi connectivity index (χ3n) is 5.01. The third kappa shape index (κ3) is 2.93. The van der Waals surface area contributed by atoms with Gasteiger partial charge in [0, 0.05) is 11.5 Å². The largest absolute Gasteiger partial charge is 0.327 e. The van der Waals surface area contributed by atoms with Gasteiger partial charge < -0.3 is 5.73 Å². The van der Waals surface area contributed by atoms with E-state index >= 15 is 0 Å². The molecule has 1 aliphatic rings. The fourth-order valence-electron chi connectivity index (χ4n) is 3.47. The lowest BCUT2D eigenvalue weighted by atomic mass is 9.59. The van der Waals surface area contributed by atoms with E-state index in [0.717, 1.165) is 6.42 Å². The molecule has 0 bridgehead atoms. The first-order valence-corrected chi connectivity index (χ1v) is 8.12. The molecule has 1 nitrogen and oxygen atoms in total. The molecule has 2 rings (SSSR count). The van der Waals surface area contributed by atoms with Gasteiger partial charge in [0.1, 0.15) is 0 Å². The highest BCUT2D eigenvalue weighted by atomic mass is 14.7. The lowest BCUT2D eigenvalue weighted by molar-refractivity contribution is 0.178. The maximum Gasteiger partial charge on any atom is 0.0139 e. The molecule has 1 aliphatic carbocycles. The fraction of sp³-hybridized carbons (Fsp3) is 0.684. The van der Waals surface area contributed by atoms with Crippen molar-refractivity contribution in [1.29, 1.82) is 0 Å². The van der Waals surface area contributed by atoms with Crippen molar-refractivity contribution in [3.8, 4) is 0 Å². The van der Waals surface area contributed by atoms with Gasteiger partial charge in [-0.05, 0) is 41.7 Å². The van der Waals surface area contributed by atoms with Crippen LogP contribution in [0, 0.1) is 5.92 Å². The summed E-state index contributed by atoms with van der Waals surface area (Å²) in [5, 5.41) is 0. The first-order chi connectivity index (χ1) is 9.25. The normalized spacial score (nSPS) is 19.8. The molecule has 1 fully saturated rings. The molecule has 1 heteroatoms. The molecule has 112 valence electrons. The summed E-state index contributed by atoms with van der Waals surface area (Å²) in [5.74, 6) is 0.677. The SMILES string of the molecule is CC(C)CC(N)C1(c2ccc(C(C)(C)C)cc2)CCC1. The van der Waals surface area contributed by atoms with Gasteiger partial charge in [-0.2, -0.15) is 0 Å². The topological polar surface area (TPSA) is 26.0 Å². The molecule has 0 saturated heterocycles. The van der Waals surface area contributed by atoms with E-state index in [2.05, 4.69) is 58.9 Å². The highest BCUT2D eigenvalue weighted by Crippen LogP contribution is 2.47. The molecule has 1 unspecified atom stereocenters. The average Bonchev–Trinajstić information content (AvgIpc) is 2.25. The highest BCUT2D eigenvalue weighted by Gasteiger charge is 2.43. The molecule has 20 heavy (non-hydrogen) atoms. The number of hydrogen-bond acceptors (Lipinski definition) is 1. The standard InChI is InChI=1S/C19H31N/c1-14(2)13-17(20)19(11-6-12-19)16-9-7-15(8-10-16)18(3,4)5/h7-10,14,17H,6,11-13,20H2,1-5H3. The lowest BCUT2D eigenvalue weighted by Gasteiger charge is -2.47. The van der Waals surface area contributed by atoms with Crippen LogP contribution in [0.25, 0.3) is 0 Å². The summed E-state index contributed by atoms with van der Waals surface area (Å²) in [6.45, 7) is 11.4. The zero-order valence-electron chi connectivity index (χ0n) is 13.9. The molecule has 0 heterocycles. The van der Waals surface area contributed by atoms with Gasteiger partial charge in [-0.1, -0.05) is 65.3 Å². The zero-order chi connectivity index (χ0) is 15.0. The number of rotatable bonds is 4. The molecule has 1 aromatic carbocycles. The van der Waals surface area contributed by atoms with Gasteiger partial charge in [0.25, 0.3) is 0 Å². The van der Waals surface area contributed by atoms with Crippen LogP contribution >= 0.6 is 0 Å². The molecule has 0 radical (unpaired) electrons. The van der Waals surface area contributed by atoms with E-state index in [1.807, 2.05) is 0 Å². The summed E-state index contributed by atoms with van der Waals surface area (Å²) < 4.78 is 0. The van der Waals surface area contributed by atoms with Crippen LogP contribution in [0.5, 0.6) is 0 Å². The predicted octanol–water partition coefficient (Wildman–Crippen LogP) is 4.78. The number of benzene rings is 1. The second-order valence-electron chi connectivity index (χ2n) is 8.07. The van der Waals surface area contributed by atoms with E-state index in [0.29, 0.717) is 12.0 Å². The molecule has 1 saturated carbocycles. The summed E-state index contributed by atoms with van der Waals surface area (Å²) in [6.07, 6.45) is 4.97. The van der Waals surface area contributed by atoms with E-state index in [4.69, 9.17) is 5.73 Å². The Morgan fingerprint density at radius 1 is 1.10 bits per heavy atom. The van der Waals surface area contributed by atoms with Crippen LogP contribution in [0.2, 0.25) is 0 Å². The quantitative estimate of drug-likeness (QED) is 0.839. The van der Waals surface area contributed by atoms with Crippen molar-refractivity contribution in [1.82, 2.24) is 0 Å². The zero-order valence-corrected chi connectivity index (χ0v) is 13.9. The number of hydrogen-bond donors (Lipinski definition) is 1. The molecule has 0 amide bonds. The molecule has 2 N–H and O–H groups in total. The van der Waals surface area contributed by atoms with E-state index in [9.17, 15) is 0 Å². The van der Waals surface area contributed by atoms with Crippen molar-refractivity contribution >= 4 is 0 Å². The van der Waals surface area contributed by atoms with Crippen LogP contribution in [0.3, 0.4) is 0 Å². The van der Waals surface area contributed by atoms with E-state index in [1.54, 1.807) is 0 Å². The van der Waals surface area contributed by atoms with Crippen molar-refractivity contribution < 1.29 is 0 Å². The summed E-state index contributed by atoms with van der Waals surface area (Å²) in [7, 11) is 0. The average molecular weight is 273 g/mol. The van der Waals surface area contributed by atoms with E-state index < -0.39 is 0 Å². The predicted molar refractivity (Wildman–Crippen MR) is 88.1 cm³/mol. The Hall–Kier alpha value is -0.820. The maximum atomic E-state index is 6.57. The van der Waals surface area contributed by atoms with Gasteiger partial charge >= 0.3 is 0 Å². The minimum absolute atomic E-state index is 0.228. The smallest absolute Gasteiger partial charge is 0.0139 e. The third-order valence-corrected chi connectivity index (χ3v) is 5.01. The van der Waals surface area contributed by atoms with E-state index in [1.165, 1.54) is 30.4 Å². The van der Waals surface area contributed by atoms with Crippen LogP contribution < -0.4 is 5.73 Å². The molecular formula is C19H31N. The minimum Gasteiger partial charge on any atom is -0.327 e. The Kier molecular flexibility index (Phi) is 4.30. The van der Waals surface area contributed by atoms with Gasteiger partial charge in [-0.3, -0.25) is 0 Å². The van der Waals surface area contributed by atoms with E-state index in [-0.39, 0.29) is 10.8 Å². The number of nitrogens with two attached hydrogens (primary N) is 1. The summed E-state index contributed by atoms with van der Waals surface area (Å²) >= 11 is 0. The summed E-state index contributed by atoms with van der Waals surface area (Å²) in [6, 6.07) is 9.58.